The minimum Gasteiger partial charge on any atom is -0.326 e. The molecule has 0 aromatic heterocycles. The monoisotopic (exact) mass is 157 g/mol. The Morgan fingerprint density at radius 2 is 2.33 bits per heavy atom. The Labute approximate surface area is 70.6 Å². The van der Waals surface area contributed by atoms with Gasteiger partial charge in [0.25, 0.3) is 0 Å². The molecule has 0 bridgehead atoms. The van der Waals surface area contributed by atoms with Gasteiger partial charge in [0.1, 0.15) is 0 Å². The standard InChI is InChI=1S/C10H7NO/c1-2-7-3-4-9-8(5-7)6-10(12)11-9/h1,3-5H,6H2,(H,11,12). The molecule has 0 fully saturated rings. The smallest absolute Gasteiger partial charge is 0.228 e. The lowest BCUT2D eigenvalue weighted by atomic mass is 10.1. The number of terminal acetylenes is 1. The summed E-state index contributed by atoms with van der Waals surface area (Å²) < 4.78 is 0. The summed E-state index contributed by atoms with van der Waals surface area (Å²) in [5.41, 5.74) is 2.71. The van der Waals surface area contributed by atoms with Crippen molar-refractivity contribution in [2.75, 3.05) is 5.32 Å². The molecule has 1 aromatic rings. The summed E-state index contributed by atoms with van der Waals surface area (Å²) >= 11 is 0. The third-order valence-corrected chi connectivity index (χ3v) is 1.90. The highest BCUT2D eigenvalue weighted by Gasteiger charge is 2.16. The lowest BCUT2D eigenvalue weighted by Gasteiger charge is -1.97. The quantitative estimate of drug-likeness (QED) is 0.562. The summed E-state index contributed by atoms with van der Waals surface area (Å²) in [6.45, 7) is 0. The average molecular weight is 157 g/mol. The van der Waals surface area contributed by atoms with Crippen LogP contribution in [0.1, 0.15) is 11.1 Å². The van der Waals surface area contributed by atoms with Crippen LogP contribution in [0.4, 0.5) is 5.69 Å². The molecule has 1 heterocycles. The number of carbonyl (C=O) groups is 1. The van der Waals surface area contributed by atoms with E-state index in [2.05, 4.69) is 11.2 Å². The lowest BCUT2D eigenvalue weighted by molar-refractivity contribution is -0.115. The van der Waals surface area contributed by atoms with Crippen molar-refractivity contribution < 1.29 is 4.79 Å². The maximum Gasteiger partial charge on any atom is 0.228 e. The van der Waals surface area contributed by atoms with Crippen LogP contribution in [-0.4, -0.2) is 5.91 Å². The zero-order chi connectivity index (χ0) is 8.55. The highest BCUT2D eigenvalue weighted by molar-refractivity contribution is 5.99. The summed E-state index contributed by atoms with van der Waals surface area (Å²) in [7, 11) is 0. The van der Waals surface area contributed by atoms with Crippen LogP contribution in [0.25, 0.3) is 0 Å². The Morgan fingerprint density at radius 1 is 1.50 bits per heavy atom. The molecule has 58 valence electrons. The molecule has 0 atom stereocenters. The van der Waals surface area contributed by atoms with Gasteiger partial charge in [-0.25, -0.2) is 0 Å². The van der Waals surface area contributed by atoms with Crippen molar-refractivity contribution in [3.8, 4) is 12.3 Å². The molecular weight excluding hydrogens is 150 g/mol. The summed E-state index contributed by atoms with van der Waals surface area (Å²) in [6.07, 6.45) is 5.67. The first-order chi connectivity index (χ1) is 5.79. The second kappa shape index (κ2) is 2.38. The van der Waals surface area contributed by atoms with Crippen molar-refractivity contribution in [3.63, 3.8) is 0 Å². The number of amides is 1. The molecule has 0 spiro atoms. The number of fused-ring (bicyclic) bond motifs is 1. The Hall–Kier alpha value is -1.75. The molecule has 1 N–H and O–H groups in total. The van der Waals surface area contributed by atoms with Crippen LogP contribution in [0, 0.1) is 12.3 Å². The number of benzene rings is 1. The van der Waals surface area contributed by atoms with Crippen LogP contribution in [0.3, 0.4) is 0 Å². The van der Waals surface area contributed by atoms with Crippen LogP contribution in [0.5, 0.6) is 0 Å². The van der Waals surface area contributed by atoms with Gasteiger partial charge in [-0.05, 0) is 23.8 Å². The molecule has 1 aliphatic heterocycles. The predicted molar refractivity (Wildman–Crippen MR) is 46.7 cm³/mol. The van der Waals surface area contributed by atoms with Gasteiger partial charge in [0.05, 0.1) is 6.42 Å². The number of anilines is 1. The molecule has 12 heavy (non-hydrogen) atoms. The summed E-state index contributed by atoms with van der Waals surface area (Å²) in [4.78, 5) is 10.9. The zero-order valence-corrected chi connectivity index (χ0v) is 6.42. The first-order valence-corrected chi connectivity index (χ1v) is 3.69. The number of nitrogens with one attached hydrogen (secondary N) is 1. The molecule has 0 unspecified atom stereocenters. The molecule has 1 aromatic carbocycles. The third-order valence-electron chi connectivity index (χ3n) is 1.90. The summed E-state index contributed by atoms with van der Waals surface area (Å²) in [6, 6.07) is 5.53. The Kier molecular flexibility index (Phi) is 1.38. The summed E-state index contributed by atoms with van der Waals surface area (Å²) in [5.74, 6) is 2.57. The highest BCUT2D eigenvalue weighted by Crippen LogP contribution is 2.23. The zero-order valence-electron chi connectivity index (χ0n) is 6.42. The van der Waals surface area contributed by atoms with Gasteiger partial charge in [0, 0.05) is 11.3 Å². The van der Waals surface area contributed by atoms with Crippen molar-refractivity contribution in [2.24, 2.45) is 0 Å². The van der Waals surface area contributed by atoms with Gasteiger partial charge in [-0.15, -0.1) is 6.42 Å². The molecular formula is C10H7NO. The van der Waals surface area contributed by atoms with Crippen LogP contribution >= 0.6 is 0 Å². The maximum absolute atomic E-state index is 10.9. The second-order valence-electron chi connectivity index (χ2n) is 2.74. The fourth-order valence-electron chi connectivity index (χ4n) is 1.32. The van der Waals surface area contributed by atoms with E-state index in [0.717, 1.165) is 16.8 Å². The Morgan fingerprint density at radius 3 is 3.08 bits per heavy atom. The molecule has 1 amide bonds. The second-order valence-corrected chi connectivity index (χ2v) is 2.74. The average Bonchev–Trinajstić information content (AvgIpc) is 2.43. The van der Waals surface area contributed by atoms with E-state index in [4.69, 9.17) is 6.42 Å². The first kappa shape index (κ1) is 6.93. The molecule has 0 saturated heterocycles. The van der Waals surface area contributed by atoms with Gasteiger partial charge in [-0.2, -0.15) is 0 Å². The number of hydrogen-bond donors (Lipinski definition) is 1. The fourth-order valence-corrected chi connectivity index (χ4v) is 1.32. The van der Waals surface area contributed by atoms with Crippen LogP contribution in [0.15, 0.2) is 18.2 Å². The molecule has 2 rings (SSSR count). The highest BCUT2D eigenvalue weighted by atomic mass is 16.1. The molecule has 0 radical (unpaired) electrons. The van der Waals surface area contributed by atoms with Crippen LogP contribution < -0.4 is 5.32 Å². The van der Waals surface area contributed by atoms with E-state index in [9.17, 15) is 4.79 Å². The topological polar surface area (TPSA) is 29.1 Å². The molecule has 0 saturated carbocycles. The van der Waals surface area contributed by atoms with Crippen molar-refractivity contribution in [3.05, 3.63) is 29.3 Å². The van der Waals surface area contributed by atoms with Gasteiger partial charge in [0.15, 0.2) is 0 Å². The van der Waals surface area contributed by atoms with E-state index in [1.54, 1.807) is 0 Å². The maximum atomic E-state index is 10.9. The van der Waals surface area contributed by atoms with Crippen LogP contribution in [0.2, 0.25) is 0 Å². The first-order valence-electron chi connectivity index (χ1n) is 3.69. The fraction of sp³-hybridized carbons (Fsp3) is 0.100. The molecule has 2 heteroatoms. The van der Waals surface area contributed by atoms with E-state index < -0.39 is 0 Å². The minimum absolute atomic E-state index is 0.0409. The van der Waals surface area contributed by atoms with E-state index in [1.165, 1.54) is 0 Å². The minimum atomic E-state index is 0.0409. The third kappa shape index (κ3) is 0.960. The Balaban J connectivity index is 2.50. The van der Waals surface area contributed by atoms with Crippen molar-refractivity contribution in [1.29, 1.82) is 0 Å². The van der Waals surface area contributed by atoms with Gasteiger partial charge >= 0.3 is 0 Å². The van der Waals surface area contributed by atoms with Crippen molar-refractivity contribution in [1.82, 2.24) is 0 Å². The predicted octanol–water partition coefficient (Wildman–Crippen LogP) is 1.16. The summed E-state index contributed by atoms with van der Waals surface area (Å²) in [5, 5.41) is 2.74. The van der Waals surface area contributed by atoms with Crippen molar-refractivity contribution >= 4 is 11.6 Å². The lowest BCUT2D eigenvalue weighted by Crippen LogP contribution is -2.03. The molecule has 1 aliphatic rings. The van der Waals surface area contributed by atoms with E-state index >= 15 is 0 Å². The van der Waals surface area contributed by atoms with Gasteiger partial charge in [-0.1, -0.05) is 5.92 Å². The Bertz CT molecular complexity index is 387. The SMILES string of the molecule is C#Cc1ccc2c(c1)CC(=O)N2. The molecule has 2 nitrogen and oxygen atoms in total. The van der Waals surface area contributed by atoms with Gasteiger partial charge < -0.3 is 5.32 Å². The van der Waals surface area contributed by atoms with Gasteiger partial charge in [-0.3, -0.25) is 4.79 Å². The number of carbonyl (C=O) groups excluding carboxylic acids is 1. The number of hydrogen-bond acceptors (Lipinski definition) is 1. The van der Waals surface area contributed by atoms with Crippen LogP contribution in [-0.2, 0) is 11.2 Å². The van der Waals surface area contributed by atoms with E-state index in [1.807, 2.05) is 18.2 Å². The van der Waals surface area contributed by atoms with Crippen molar-refractivity contribution in [2.45, 2.75) is 6.42 Å². The van der Waals surface area contributed by atoms with E-state index in [-0.39, 0.29) is 5.91 Å². The molecule has 0 aliphatic carbocycles. The number of rotatable bonds is 0. The largest absolute Gasteiger partial charge is 0.326 e. The van der Waals surface area contributed by atoms with E-state index in [0.29, 0.717) is 6.42 Å². The normalized spacial score (nSPS) is 13.4. The van der Waals surface area contributed by atoms with Gasteiger partial charge in [0.2, 0.25) is 5.91 Å².